The summed E-state index contributed by atoms with van der Waals surface area (Å²) in [6.07, 6.45) is 31.3. The van der Waals surface area contributed by atoms with Crippen LogP contribution in [-0.4, -0.2) is 5.97 Å². The molecule has 0 fully saturated rings. The molecule has 0 aliphatic rings. The summed E-state index contributed by atoms with van der Waals surface area (Å²) < 4.78 is 1.43. The third-order valence-electron chi connectivity index (χ3n) is 4.10. The number of allylic oxidation sites excluding steroid dienone is 8. The van der Waals surface area contributed by atoms with E-state index < -0.39 is 0 Å². The second kappa shape index (κ2) is 18.0. The molecule has 0 aliphatic heterocycles. The third-order valence-corrected chi connectivity index (χ3v) is 4.10. The van der Waals surface area contributed by atoms with Crippen molar-refractivity contribution in [2.24, 2.45) is 0 Å². The number of hydrogen-bond acceptors (Lipinski definition) is 2. The van der Waals surface area contributed by atoms with Crippen molar-refractivity contribution >= 4 is 5.97 Å². The van der Waals surface area contributed by atoms with Gasteiger partial charge in [0, 0.05) is 16.9 Å². The van der Waals surface area contributed by atoms with Crippen molar-refractivity contribution in [2.75, 3.05) is 0 Å². The third kappa shape index (κ3) is 14.7. The van der Waals surface area contributed by atoms with Crippen molar-refractivity contribution < 1.29 is 14.4 Å². The molecular weight excluding hydrogens is 346 g/mol. The van der Waals surface area contributed by atoms with Gasteiger partial charge in [0.05, 0.1) is 6.42 Å². The van der Waals surface area contributed by atoms with Crippen LogP contribution in [0.15, 0.2) is 79.2 Å². The van der Waals surface area contributed by atoms with Gasteiger partial charge in [-0.3, -0.25) is 0 Å². The second-order valence-electron chi connectivity index (χ2n) is 6.68. The highest BCUT2D eigenvalue weighted by atomic mass is 16.7. The fraction of sp³-hybridized carbons (Fsp3) is 0.440. The van der Waals surface area contributed by atoms with Crippen LogP contribution in [0, 0.1) is 0 Å². The van der Waals surface area contributed by atoms with Gasteiger partial charge >= 0.3 is 5.97 Å². The predicted octanol–water partition coefficient (Wildman–Crippen LogP) is 6.08. The van der Waals surface area contributed by atoms with Gasteiger partial charge in [-0.05, 0) is 44.9 Å². The topological polar surface area (TPSA) is 30.2 Å². The van der Waals surface area contributed by atoms with Gasteiger partial charge in [-0.15, -0.1) is 0 Å². The Kier molecular flexibility index (Phi) is 15.2. The predicted molar refractivity (Wildman–Crippen MR) is 117 cm³/mol. The van der Waals surface area contributed by atoms with E-state index in [1.54, 1.807) is 12.4 Å². The van der Waals surface area contributed by atoms with Crippen LogP contribution in [0.4, 0.5) is 0 Å². The molecule has 0 aromatic carbocycles. The van der Waals surface area contributed by atoms with Crippen LogP contribution in [0.3, 0.4) is 0 Å². The summed E-state index contributed by atoms with van der Waals surface area (Å²) in [6, 6.07) is 5.53. The number of rotatable bonds is 15. The molecule has 3 heteroatoms. The van der Waals surface area contributed by atoms with Crippen LogP contribution in [0.1, 0.15) is 71.1 Å². The number of nitrogens with zero attached hydrogens (tertiary/aromatic N) is 1. The molecule has 0 saturated carbocycles. The van der Waals surface area contributed by atoms with Crippen LogP contribution in [0.25, 0.3) is 0 Å². The van der Waals surface area contributed by atoms with Crippen molar-refractivity contribution in [1.82, 2.24) is 0 Å². The van der Waals surface area contributed by atoms with E-state index in [-0.39, 0.29) is 5.97 Å². The Hall–Kier alpha value is -2.42. The number of hydrogen-bond donors (Lipinski definition) is 0. The lowest BCUT2D eigenvalue weighted by atomic mass is 10.2. The van der Waals surface area contributed by atoms with Gasteiger partial charge in [0.25, 0.3) is 0 Å². The number of carbonyl (C=O) groups is 1. The van der Waals surface area contributed by atoms with Crippen LogP contribution < -0.4 is 9.57 Å². The van der Waals surface area contributed by atoms with Crippen molar-refractivity contribution in [3.8, 4) is 0 Å². The molecule has 1 heterocycles. The van der Waals surface area contributed by atoms with Crippen LogP contribution >= 0.6 is 0 Å². The van der Waals surface area contributed by atoms with Gasteiger partial charge in [-0.2, -0.15) is 4.84 Å². The van der Waals surface area contributed by atoms with Crippen molar-refractivity contribution in [2.45, 2.75) is 71.1 Å². The molecule has 0 N–H and O–H groups in total. The molecule has 3 nitrogen and oxygen atoms in total. The minimum atomic E-state index is -0.202. The summed E-state index contributed by atoms with van der Waals surface area (Å²) in [5, 5.41) is 0. The van der Waals surface area contributed by atoms with Crippen LogP contribution in [0.2, 0.25) is 0 Å². The van der Waals surface area contributed by atoms with Crippen LogP contribution in [0.5, 0.6) is 0 Å². The van der Waals surface area contributed by atoms with E-state index in [4.69, 9.17) is 4.84 Å². The molecule has 0 unspecified atom stereocenters. The molecule has 1 rings (SSSR count). The fourth-order valence-corrected chi connectivity index (χ4v) is 2.53. The van der Waals surface area contributed by atoms with Gasteiger partial charge in [-0.25, -0.2) is 4.79 Å². The van der Waals surface area contributed by atoms with Crippen molar-refractivity contribution in [3.05, 3.63) is 79.2 Å². The lowest BCUT2D eigenvalue weighted by Crippen LogP contribution is -2.44. The molecule has 0 bridgehead atoms. The lowest BCUT2D eigenvalue weighted by molar-refractivity contribution is -0.869. The van der Waals surface area contributed by atoms with E-state index in [0.29, 0.717) is 6.42 Å². The zero-order chi connectivity index (χ0) is 20.1. The molecule has 0 aliphatic carbocycles. The Balaban J connectivity index is 1.95. The van der Waals surface area contributed by atoms with Gasteiger partial charge in [-0.1, -0.05) is 74.4 Å². The Morgan fingerprint density at radius 2 is 1.29 bits per heavy atom. The first-order valence-corrected chi connectivity index (χ1v) is 10.6. The van der Waals surface area contributed by atoms with Gasteiger partial charge in [0.15, 0.2) is 0 Å². The highest BCUT2D eigenvalue weighted by Gasteiger charge is 2.08. The fourth-order valence-electron chi connectivity index (χ4n) is 2.53. The summed E-state index contributed by atoms with van der Waals surface area (Å²) in [5.41, 5.74) is 0. The summed E-state index contributed by atoms with van der Waals surface area (Å²) in [7, 11) is 0. The second-order valence-corrected chi connectivity index (χ2v) is 6.68. The minimum absolute atomic E-state index is 0.202. The average Bonchev–Trinajstić information content (AvgIpc) is 2.71. The normalized spacial score (nSPS) is 12.0. The molecule has 0 atom stereocenters. The molecule has 0 amide bonds. The molecule has 0 spiro atoms. The van der Waals surface area contributed by atoms with E-state index in [1.165, 1.54) is 30.4 Å². The Morgan fingerprint density at radius 1 is 0.750 bits per heavy atom. The summed E-state index contributed by atoms with van der Waals surface area (Å²) >= 11 is 0. The van der Waals surface area contributed by atoms with E-state index >= 15 is 0 Å². The van der Waals surface area contributed by atoms with Gasteiger partial charge in [0.2, 0.25) is 12.4 Å². The molecule has 28 heavy (non-hydrogen) atoms. The minimum Gasteiger partial charge on any atom is -0.245 e. The van der Waals surface area contributed by atoms with Crippen molar-refractivity contribution in [3.63, 3.8) is 0 Å². The van der Waals surface area contributed by atoms with E-state index in [0.717, 1.165) is 32.1 Å². The van der Waals surface area contributed by atoms with E-state index in [9.17, 15) is 4.79 Å². The number of pyridine rings is 1. The summed E-state index contributed by atoms with van der Waals surface area (Å²) in [4.78, 5) is 16.9. The number of carbonyl (C=O) groups excluding carboxylic acids is 1. The number of aromatic nitrogens is 1. The first kappa shape index (κ1) is 23.6. The average molecular weight is 383 g/mol. The smallest absolute Gasteiger partial charge is 0.245 e. The monoisotopic (exact) mass is 382 g/mol. The maximum atomic E-state index is 11.7. The molecule has 1 aromatic rings. The maximum Gasteiger partial charge on any atom is 0.380 e. The number of unbranched alkanes of at least 4 members (excludes halogenated alkanes) is 4. The highest BCUT2D eigenvalue weighted by Crippen LogP contribution is 2.01. The Labute approximate surface area is 171 Å². The largest absolute Gasteiger partial charge is 0.380 e. The molecule has 0 saturated heterocycles. The van der Waals surface area contributed by atoms with E-state index in [1.807, 2.05) is 18.2 Å². The van der Waals surface area contributed by atoms with E-state index in [2.05, 4.69) is 55.5 Å². The highest BCUT2D eigenvalue weighted by molar-refractivity contribution is 5.68. The maximum absolute atomic E-state index is 11.7. The quantitative estimate of drug-likeness (QED) is 0.209. The van der Waals surface area contributed by atoms with Crippen LogP contribution in [-0.2, 0) is 4.79 Å². The molecular formula is C25H36NO2+. The van der Waals surface area contributed by atoms with Gasteiger partial charge in [0.1, 0.15) is 0 Å². The molecule has 152 valence electrons. The first-order valence-electron chi connectivity index (χ1n) is 10.6. The Morgan fingerprint density at radius 3 is 1.86 bits per heavy atom. The lowest BCUT2D eigenvalue weighted by Gasteiger charge is -1.95. The first-order chi connectivity index (χ1) is 13.8. The zero-order valence-corrected chi connectivity index (χ0v) is 17.3. The van der Waals surface area contributed by atoms with Crippen molar-refractivity contribution in [1.29, 1.82) is 0 Å². The standard InChI is InChI=1S/C25H36NO2/c1-2-3-4-5-6-7-8-9-10-11-12-13-14-15-16-17-19-22-25(27)28-26-23-20-18-21-24-26/h6-7,9-10,12-13,15-16,18,20-21,23-24H,2-5,8,11,14,17,19,22H2,1H3/q+1. The molecule has 1 aromatic heterocycles. The summed E-state index contributed by atoms with van der Waals surface area (Å²) in [5.74, 6) is -0.202. The Bertz CT molecular complexity index is 615. The zero-order valence-electron chi connectivity index (χ0n) is 17.3. The SMILES string of the molecule is CCCCCC=CCC=CCC=CCC=CCCCC(=O)O[n+]1ccccc1. The molecule has 0 radical (unpaired) electrons. The summed E-state index contributed by atoms with van der Waals surface area (Å²) in [6.45, 7) is 2.24. The van der Waals surface area contributed by atoms with Gasteiger partial charge < -0.3 is 0 Å².